The second kappa shape index (κ2) is 7.52. The molecule has 18 heavy (non-hydrogen) atoms. The summed E-state index contributed by atoms with van der Waals surface area (Å²) < 4.78 is 10.0. The van der Waals surface area contributed by atoms with Crippen molar-refractivity contribution in [2.45, 2.75) is 6.42 Å². The van der Waals surface area contributed by atoms with Crippen LogP contribution in [0.25, 0.3) is 0 Å². The van der Waals surface area contributed by atoms with Gasteiger partial charge in [0, 0.05) is 6.07 Å². The summed E-state index contributed by atoms with van der Waals surface area (Å²) in [5.41, 5.74) is 6.75. The minimum Gasteiger partial charge on any atom is -0.497 e. The Hall–Kier alpha value is -1.79. The molecule has 0 aliphatic rings. The highest BCUT2D eigenvalue weighted by molar-refractivity contribution is 5.94. The molecule has 0 spiro atoms. The Labute approximate surface area is 106 Å². The van der Waals surface area contributed by atoms with Crippen LogP contribution in [0.3, 0.4) is 0 Å². The van der Waals surface area contributed by atoms with E-state index in [1.807, 2.05) is 0 Å². The number of carbonyl (C=O) groups excluding carboxylic acids is 1. The Morgan fingerprint density at radius 3 is 2.83 bits per heavy atom. The molecule has 0 fully saturated rings. The standard InChI is InChI=1S/C12H18N2O4/c1-17-9-2-3-11(10(13)8-9)14-12(16)4-6-18-7-5-15/h2-3,8,15H,4-7,13H2,1H3,(H,14,16). The van der Waals surface area contributed by atoms with E-state index < -0.39 is 0 Å². The summed E-state index contributed by atoms with van der Waals surface area (Å²) in [6, 6.07) is 5.03. The van der Waals surface area contributed by atoms with E-state index in [1.165, 1.54) is 0 Å². The number of nitrogen functional groups attached to an aromatic ring is 1. The van der Waals surface area contributed by atoms with Crippen LogP contribution in [0.2, 0.25) is 0 Å². The van der Waals surface area contributed by atoms with Gasteiger partial charge in [0.25, 0.3) is 0 Å². The summed E-state index contributed by atoms with van der Waals surface area (Å²) in [5.74, 6) is 0.446. The van der Waals surface area contributed by atoms with Crippen LogP contribution in [0.5, 0.6) is 5.75 Å². The average Bonchev–Trinajstić information content (AvgIpc) is 2.37. The zero-order valence-corrected chi connectivity index (χ0v) is 10.3. The molecule has 0 atom stereocenters. The van der Waals surface area contributed by atoms with Crippen LogP contribution in [-0.4, -0.2) is 37.9 Å². The van der Waals surface area contributed by atoms with Crippen molar-refractivity contribution < 1.29 is 19.4 Å². The fourth-order valence-corrected chi connectivity index (χ4v) is 1.33. The first kappa shape index (κ1) is 14.3. The molecule has 1 amide bonds. The molecular weight excluding hydrogens is 236 g/mol. The molecule has 0 aliphatic heterocycles. The minimum absolute atomic E-state index is 0.0486. The first-order valence-corrected chi connectivity index (χ1v) is 5.59. The van der Waals surface area contributed by atoms with E-state index in [0.717, 1.165) is 0 Å². The zero-order chi connectivity index (χ0) is 13.4. The molecule has 1 aromatic rings. The van der Waals surface area contributed by atoms with Crippen molar-refractivity contribution in [2.75, 3.05) is 38.0 Å². The highest BCUT2D eigenvalue weighted by atomic mass is 16.5. The second-order valence-corrected chi connectivity index (χ2v) is 3.59. The van der Waals surface area contributed by atoms with Crippen LogP contribution < -0.4 is 15.8 Å². The smallest absolute Gasteiger partial charge is 0.226 e. The molecule has 1 aromatic carbocycles. The number of aliphatic hydroxyl groups excluding tert-OH is 1. The molecule has 0 saturated heterocycles. The molecule has 4 N–H and O–H groups in total. The van der Waals surface area contributed by atoms with Crippen molar-refractivity contribution in [3.63, 3.8) is 0 Å². The monoisotopic (exact) mass is 254 g/mol. The topological polar surface area (TPSA) is 93.8 Å². The first-order valence-electron chi connectivity index (χ1n) is 5.59. The number of nitrogens with one attached hydrogen (secondary N) is 1. The van der Waals surface area contributed by atoms with Gasteiger partial charge in [-0.25, -0.2) is 0 Å². The number of hydrogen-bond acceptors (Lipinski definition) is 5. The van der Waals surface area contributed by atoms with Crippen LogP contribution in [0.4, 0.5) is 11.4 Å². The van der Waals surface area contributed by atoms with Gasteiger partial charge in [-0.1, -0.05) is 0 Å². The van der Waals surface area contributed by atoms with E-state index in [9.17, 15) is 4.79 Å². The summed E-state index contributed by atoms with van der Waals surface area (Å²) in [7, 11) is 1.55. The lowest BCUT2D eigenvalue weighted by atomic mass is 10.2. The number of amides is 1. The van der Waals surface area contributed by atoms with Crippen molar-refractivity contribution in [3.05, 3.63) is 18.2 Å². The number of ether oxygens (including phenoxy) is 2. The summed E-state index contributed by atoms with van der Waals surface area (Å²) >= 11 is 0. The van der Waals surface area contributed by atoms with E-state index in [4.69, 9.17) is 20.3 Å². The fraction of sp³-hybridized carbons (Fsp3) is 0.417. The van der Waals surface area contributed by atoms with Crippen molar-refractivity contribution in [2.24, 2.45) is 0 Å². The minimum atomic E-state index is -0.190. The van der Waals surface area contributed by atoms with Crippen LogP contribution in [0, 0.1) is 0 Å². The van der Waals surface area contributed by atoms with Gasteiger partial charge in [0.1, 0.15) is 5.75 Å². The molecule has 0 aliphatic carbocycles. The molecule has 6 nitrogen and oxygen atoms in total. The highest BCUT2D eigenvalue weighted by Crippen LogP contribution is 2.23. The third-order valence-electron chi connectivity index (χ3n) is 2.24. The third kappa shape index (κ3) is 4.60. The summed E-state index contributed by atoms with van der Waals surface area (Å²) in [5, 5.41) is 11.2. The Morgan fingerprint density at radius 2 is 2.22 bits per heavy atom. The summed E-state index contributed by atoms with van der Waals surface area (Å²) in [4.78, 5) is 11.5. The zero-order valence-electron chi connectivity index (χ0n) is 10.3. The van der Waals surface area contributed by atoms with Gasteiger partial charge >= 0.3 is 0 Å². The Morgan fingerprint density at radius 1 is 1.44 bits per heavy atom. The van der Waals surface area contributed by atoms with Gasteiger partial charge in [0.2, 0.25) is 5.91 Å². The SMILES string of the molecule is COc1ccc(NC(=O)CCOCCO)c(N)c1. The Balaban J connectivity index is 2.44. The molecule has 1 rings (SSSR count). The average molecular weight is 254 g/mol. The number of benzene rings is 1. The molecular formula is C12H18N2O4. The third-order valence-corrected chi connectivity index (χ3v) is 2.24. The number of hydrogen-bond donors (Lipinski definition) is 3. The fourth-order valence-electron chi connectivity index (χ4n) is 1.33. The maximum absolute atomic E-state index is 11.5. The van der Waals surface area contributed by atoms with Gasteiger partial charge in [0.15, 0.2) is 0 Å². The van der Waals surface area contributed by atoms with Crippen LogP contribution in [-0.2, 0) is 9.53 Å². The van der Waals surface area contributed by atoms with Gasteiger partial charge < -0.3 is 25.6 Å². The van der Waals surface area contributed by atoms with E-state index in [-0.39, 0.29) is 32.1 Å². The van der Waals surface area contributed by atoms with Gasteiger partial charge in [-0.05, 0) is 12.1 Å². The van der Waals surface area contributed by atoms with Gasteiger partial charge in [-0.15, -0.1) is 0 Å². The van der Waals surface area contributed by atoms with E-state index in [2.05, 4.69) is 5.32 Å². The number of carbonyl (C=O) groups is 1. The Bertz CT molecular complexity index is 396. The van der Waals surface area contributed by atoms with Crippen molar-refractivity contribution in [1.82, 2.24) is 0 Å². The van der Waals surface area contributed by atoms with Gasteiger partial charge in [-0.3, -0.25) is 4.79 Å². The van der Waals surface area contributed by atoms with E-state index >= 15 is 0 Å². The number of methoxy groups -OCH3 is 1. The first-order chi connectivity index (χ1) is 8.67. The number of nitrogens with two attached hydrogens (primary N) is 1. The molecule has 0 heterocycles. The van der Waals surface area contributed by atoms with Crippen molar-refractivity contribution >= 4 is 17.3 Å². The van der Waals surface area contributed by atoms with Gasteiger partial charge in [-0.2, -0.15) is 0 Å². The normalized spacial score (nSPS) is 10.1. The number of anilines is 2. The van der Waals surface area contributed by atoms with E-state index in [0.29, 0.717) is 17.1 Å². The summed E-state index contributed by atoms with van der Waals surface area (Å²) in [6.07, 6.45) is 0.214. The molecule has 6 heteroatoms. The van der Waals surface area contributed by atoms with Crippen molar-refractivity contribution in [3.8, 4) is 5.75 Å². The van der Waals surface area contributed by atoms with Crippen LogP contribution >= 0.6 is 0 Å². The maximum atomic E-state index is 11.5. The molecule has 0 saturated carbocycles. The molecule has 0 bridgehead atoms. The molecule has 0 radical (unpaired) electrons. The second-order valence-electron chi connectivity index (χ2n) is 3.59. The Kier molecular flexibility index (Phi) is 5.96. The molecule has 100 valence electrons. The predicted molar refractivity (Wildman–Crippen MR) is 68.6 cm³/mol. The van der Waals surface area contributed by atoms with Crippen LogP contribution in [0.1, 0.15) is 6.42 Å². The largest absolute Gasteiger partial charge is 0.497 e. The molecule has 0 unspecified atom stereocenters. The number of rotatable bonds is 7. The quantitative estimate of drug-likeness (QED) is 0.490. The van der Waals surface area contributed by atoms with Crippen molar-refractivity contribution in [1.29, 1.82) is 0 Å². The lowest BCUT2D eigenvalue weighted by molar-refractivity contribution is -0.117. The lowest BCUT2D eigenvalue weighted by Crippen LogP contribution is -2.15. The highest BCUT2D eigenvalue weighted by Gasteiger charge is 2.06. The van der Waals surface area contributed by atoms with Crippen LogP contribution in [0.15, 0.2) is 18.2 Å². The van der Waals surface area contributed by atoms with E-state index in [1.54, 1.807) is 25.3 Å². The lowest BCUT2D eigenvalue weighted by Gasteiger charge is -2.09. The maximum Gasteiger partial charge on any atom is 0.226 e. The number of aliphatic hydroxyl groups is 1. The molecule has 0 aromatic heterocycles. The summed E-state index contributed by atoms with van der Waals surface area (Å²) in [6.45, 7) is 0.452. The van der Waals surface area contributed by atoms with Gasteiger partial charge in [0.05, 0.1) is 44.7 Å². The predicted octanol–water partition coefficient (Wildman–Crippen LogP) is 0.615.